The first-order chi connectivity index (χ1) is 7.77. The molecule has 2 nitrogen and oxygen atoms in total. The highest BCUT2D eigenvalue weighted by molar-refractivity contribution is 5.60. The molecule has 0 aliphatic heterocycles. The fourth-order valence-corrected chi connectivity index (χ4v) is 1.82. The van der Waals surface area contributed by atoms with E-state index in [0.717, 1.165) is 11.3 Å². The average Bonchev–Trinajstić information content (AvgIpc) is 2.25. The monoisotopic (exact) mass is 230 g/mol. The van der Waals surface area contributed by atoms with Gasteiger partial charge in [-0.05, 0) is 37.0 Å². The third-order valence-corrected chi connectivity index (χ3v) is 3.49. The molecular weight excluding hydrogens is 208 g/mol. The quantitative estimate of drug-likeness (QED) is 0.774. The Balaban J connectivity index is 3.16. The van der Waals surface area contributed by atoms with E-state index in [2.05, 4.69) is 58.7 Å². The van der Waals surface area contributed by atoms with Gasteiger partial charge in [0, 0.05) is 13.1 Å². The van der Waals surface area contributed by atoms with Gasteiger partial charge in [0.2, 0.25) is 0 Å². The fraction of sp³-hybridized carbons (Fsp3) is 0.533. The van der Waals surface area contributed by atoms with Crippen molar-refractivity contribution >= 4 is 5.69 Å². The molecule has 2 heteroatoms. The van der Waals surface area contributed by atoms with Crippen LogP contribution in [-0.2, 0) is 0 Å². The molecule has 0 saturated heterocycles. The van der Waals surface area contributed by atoms with Crippen molar-refractivity contribution in [2.24, 2.45) is 5.41 Å². The van der Waals surface area contributed by atoms with E-state index in [1.807, 2.05) is 12.1 Å². The molecule has 1 rings (SSSR count). The second-order valence-corrected chi connectivity index (χ2v) is 5.79. The van der Waals surface area contributed by atoms with Crippen LogP contribution in [0.15, 0.2) is 18.2 Å². The molecule has 1 aromatic carbocycles. The molecule has 0 aromatic heterocycles. The van der Waals surface area contributed by atoms with Crippen molar-refractivity contribution in [2.75, 3.05) is 11.9 Å². The van der Waals surface area contributed by atoms with Gasteiger partial charge in [0.15, 0.2) is 0 Å². The summed E-state index contributed by atoms with van der Waals surface area (Å²) in [5.74, 6) is 0. The Hall–Kier alpha value is -1.49. The molecule has 1 unspecified atom stereocenters. The van der Waals surface area contributed by atoms with Crippen LogP contribution in [0.3, 0.4) is 0 Å². The minimum absolute atomic E-state index is 0.186. The summed E-state index contributed by atoms with van der Waals surface area (Å²) in [5, 5.41) is 9.17. The predicted octanol–water partition coefficient (Wildman–Crippen LogP) is 3.74. The molecule has 0 saturated carbocycles. The molecule has 0 aliphatic rings. The maximum absolute atomic E-state index is 9.17. The second kappa shape index (κ2) is 4.79. The average molecular weight is 230 g/mol. The van der Waals surface area contributed by atoms with Gasteiger partial charge in [0.25, 0.3) is 0 Å². The Bertz CT molecular complexity index is 435. The van der Waals surface area contributed by atoms with E-state index in [-0.39, 0.29) is 5.41 Å². The van der Waals surface area contributed by atoms with E-state index in [0.29, 0.717) is 6.04 Å². The van der Waals surface area contributed by atoms with Crippen molar-refractivity contribution in [3.8, 4) is 6.07 Å². The summed E-state index contributed by atoms with van der Waals surface area (Å²) < 4.78 is 0. The standard InChI is InChI=1S/C15H22N2/c1-11-7-8-13(10-16)14(9-11)17(6)12(2)15(3,4)5/h7-9,12H,1-6H3. The number of benzene rings is 1. The van der Waals surface area contributed by atoms with Crippen molar-refractivity contribution < 1.29 is 0 Å². The van der Waals surface area contributed by atoms with Gasteiger partial charge in [-0.15, -0.1) is 0 Å². The number of hydrogen-bond donors (Lipinski definition) is 0. The van der Waals surface area contributed by atoms with Gasteiger partial charge in [-0.2, -0.15) is 5.26 Å². The van der Waals surface area contributed by atoms with Crippen molar-refractivity contribution in [2.45, 2.75) is 40.7 Å². The lowest BCUT2D eigenvalue weighted by molar-refractivity contribution is 0.329. The molecule has 17 heavy (non-hydrogen) atoms. The van der Waals surface area contributed by atoms with Crippen molar-refractivity contribution in [1.29, 1.82) is 5.26 Å². The first-order valence-electron chi connectivity index (χ1n) is 6.01. The van der Waals surface area contributed by atoms with E-state index in [9.17, 15) is 0 Å². The van der Waals surface area contributed by atoms with E-state index in [1.165, 1.54) is 5.56 Å². The van der Waals surface area contributed by atoms with Crippen molar-refractivity contribution in [3.63, 3.8) is 0 Å². The Morgan fingerprint density at radius 1 is 1.29 bits per heavy atom. The van der Waals surface area contributed by atoms with E-state index in [4.69, 9.17) is 5.26 Å². The number of nitriles is 1. The van der Waals surface area contributed by atoms with Gasteiger partial charge in [0.05, 0.1) is 11.3 Å². The molecule has 1 aromatic rings. The van der Waals surface area contributed by atoms with E-state index in [1.54, 1.807) is 0 Å². The predicted molar refractivity (Wildman–Crippen MR) is 73.2 cm³/mol. The number of hydrogen-bond acceptors (Lipinski definition) is 2. The number of rotatable bonds is 2. The summed E-state index contributed by atoms with van der Waals surface area (Å²) in [5.41, 5.74) is 3.14. The van der Waals surface area contributed by atoms with Crippen LogP contribution in [0.1, 0.15) is 38.8 Å². The molecule has 0 N–H and O–H groups in total. The summed E-state index contributed by atoms with van der Waals surface area (Å²) in [6, 6.07) is 8.61. The zero-order valence-electron chi connectivity index (χ0n) is 11.7. The topological polar surface area (TPSA) is 27.0 Å². The van der Waals surface area contributed by atoms with Gasteiger partial charge < -0.3 is 4.90 Å². The molecule has 0 aliphatic carbocycles. The highest BCUT2D eigenvalue weighted by atomic mass is 15.1. The first kappa shape index (κ1) is 13.6. The van der Waals surface area contributed by atoms with Crippen LogP contribution in [0, 0.1) is 23.7 Å². The molecule has 92 valence electrons. The summed E-state index contributed by atoms with van der Waals surface area (Å²) >= 11 is 0. The van der Waals surface area contributed by atoms with Crippen molar-refractivity contribution in [3.05, 3.63) is 29.3 Å². The Morgan fingerprint density at radius 3 is 2.35 bits per heavy atom. The van der Waals surface area contributed by atoms with Crippen LogP contribution in [-0.4, -0.2) is 13.1 Å². The summed E-state index contributed by atoms with van der Waals surface area (Å²) in [7, 11) is 2.06. The number of aryl methyl sites for hydroxylation is 1. The molecule has 0 heterocycles. The lowest BCUT2D eigenvalue weighted by atomic mass is 9.86. The fourth-order valence-electron chi connectivity index (χ4n) is 1.82. The zero-order chi connectivity index (χ0) is 13.2. The first-order valence-corrected chi connectivity index (χ1v) is 6.01. The van der Waals surface area contributed by atoms with Gasteiger partial charge in [0.1, 0.15) is 6.07 Å². The van der Waals surface area contributed by atoms with Crippen LogP contribution in [0.25, 0.3) is 0 Å². The Kier molecular flexibility index (Phi) is 3.83. The highest BCUT2D eigenvalue weighted by Gasteiger charge is 2.25. The van der Waals surface area contributed by atoms with E-state index < -0.39 is 0 Å². The smallest absolute Gasteiger partial charge is 0.101 e. The number of nitrogens with zero attached hydrogens (tertiary/aromatic N) is 2. The lowest BCUT2D eigenvalue weighted by Gasteiger charge is -2.37. The largest absolute Gasteiger partial charge is 0.370 e. The van der Waals surface area contributed by atoms with Gasteiger partial charge in [-0.1, -0.05) is 26.8 Å². The maximum Gasteiger partial charge on any atom is 0.101 e. The second-order valence-electron chi connectivity index (χ2n) is 5.79. The van der Waals surface area contributed by atoms with E-state index >= 15 is 0 Å². The minimum Gasteiger partial charge on any atom is -0.370 e. The van der Waals surface area contributed by atoms with Crippen LogP contribution < -0.4 is 4.90 Å². The number of anilines is 1. The van der Waals surface area contributed by atoms with Crippen LogP contribution in [0.4, 0.5) is 5.69 Å². The van der Waals surface area contributed by atoms with Crippen LogP contribution >= 0.6 is 0 Å². The normalized spacial score (nSPS) is 13.0. The summed E-state index contributed by atoms with van der Waals surface area (Å²) in [6.07, 6.45) is 0. The Labute approximate surface area is 105 Å². The van der Waals surface area contributed by atoms with Crippen LogP contribution in [0.5, 0.6) is 0 Å². The third kappa shape index (κ3) is 3.00. The van der Waals surface area contributed by atoms with Crippen molar-refractivity contribution in [1.82, 2.24) is 0 Å². The summed E-state index contributed by atoms with van der Waals surface area (Å²) in [4.78, 5) is 2.20. The SMILES string of the molecule is Cc1ccc(C#N)c(N(C)C(C)C(C)(C)C)c1. The molecule has 0 bridgehead atoms. The summed E-state index contributed by atoms with van der Waals surface area (Å²) in [6.45, 7) is 10.9. The zero-order valence-corrected chi connectivity index (χ0v) is 11.7. The lowest BCUT2D eigenvalue weighted by Crippen LogP contribution is -2.39. The molecule has 0 amide bonds. The molecule has 0 radical (unpaired) electrons. The molecule has 1 atom stereocenters. The van der Waals surface area contributed by atoms with Gasteiger partial charge >= 0.3 is 0 Å². The van der Waals surface area contributed by atoms with Gasteiger partial charge in [-0.25, -0.2) is 0 Å². The molecule has 0 fully saturated rings. The van der Waals surface area contributed by atoms with Crippen LogP contribution in [0.2, 0.25) is 0 Å². The highest BCUT2D eigenvalue weighted by Crippen LogP contribution is 2.29. The van der Waals surface area contributed by atoms with Gasteiger partial charge in [-0.3, -0.25) is 0 Å². The molecular formula is C15H22N2. The third-order valence-electron chi connectivity index (χ3n) is 3.49. The molecule has 0 spiro atoms. The minimum atomic E-state index is 0.186. The maximum atomic E-state index is 9.17. The Morgan fingerprint density at radius 2 is 1.88 bits per heavy atom.